The zero-order chi connectivity index (χ0) is 15.6. The molecule has 0 aromatic heterocycles. The van der Waals surface area contributed by atoms with E-state index in [1.54, 1.807) is 0 Å². The molecule has 0 heterocycles. The zero-order valence-corrected chi connectivity index (χ0v) is 12.5. The van der Waals surface area contributed by atoms with E-state index in [0.717, 1.165) is 31.4 Å². The van der Waals surface area contributed by atoms with E-state index in [2.05, 4.69) is 19.2 Å². The van der Waals surface area contributed by atoms with Crippen LogP contribution in [0.4, 0.5) is 24.5 Å². The summed E-state index contributed by atoms with van der Waals surface area (Å²) in [6.45, 7) is 4.39. The first-order valence-electron chi connectivity index (χ1n) is 7.52. The number of hydrogen-bond donors (Lipinski definition) is 2. The summed E-state index contributed by atoms with van der Waals surface area (Å²) in [5.41, 5.74) is 5.87. The third-order valence-electron chi connectivity index (χ3n) is 4.40. The molecule has 118 valence electrons. The number of nitrogens with one attached hydrogen (secondary N) is 1. The Bertz CT molecular complexity index is 483. The number of hydrogen-bond acceptors (Lipinski definition) is 2. The second-order valence-electron chi connectivity index (χ2n) is 6.24. The molecule has 21 heavy (non-hydrogen) atoms. The van der Waals surface area contributed by atoms with Crippen molar-refractivity contribution in [2.24, 2.45) is 11.8 Å². The fourth-order valence-corrected chi connectivity index (χ4v) is 3.21. The smallest absolute Gasteiger partial charge is 0.397 e. The highest BCUT2D eigenvalue weighted by molar-refractivity contribution is 5.67. The van der Waals surface area contributed by atoms with E-state index in [0.29, 0.717) is 17.5 Å². The van der Waals surface area contributed by atoms with Gasteiger partial charge in [-0.2, -0.15) is 13.2 Å². The van der Waals surface area contributed by atoms with Gasteiger partial charge in [-0.3, -0.25) is 0 Å². The van der Waals surface area contributed by atoms with Crippen molar-refractivity contribution < 1.29 is 13.2 Å². The monoisotopic (exact) mass is 300 g/mol. The van der Waals surface area contributed by atoms with Crippen molar-refractivity contribution >= 4 is 11.4 Å². The van der Waals surface area contributed by atoms with Gasteiger partial charge in [0.1, 0.15) is 0 Å². The fraction of sp³-hybridized carbons (Fsp3) is 0.625. The Hall–Kier alpha value is -1.39. The van der Waals surface area contributed by atoms with Gasteiger partial charge in [-0.15, -0.1) is 0 Å². The first-order valence-corrected chi connectivity index (χ1v) is 7.52. The molecular formula is C16H23F3N2. The van der Waals surface area contributed by atoms with Gasteiger partial charge < -0.3 is 11.1 Å². The topological polar surface area (TPSA) is 38.0 Å². The molecule has 0 radical (unpaired) electrons. The zero-order valence-electron chi connectivity index (χ0n) is 12.5. The Morgan fingerprint density at radius 2 is 1.86 bits per heavy atom. The standard InChI is InChI=1S/C16H23F3N2/c1-10(2)12-5-3-4-6-14(12)21-15-8-7-11(9-13(15)20)16(17,18)19/h7-10,12,14,21H,3-6,20H2,1-2H3. The molecule has 1 aromatic rings. The lowest BCUT2D eigenvalue weighted by molar-refractivity contribution is -0.137. The minimum absolute atomic E-state index is 0.165. The Labute approximate surface area is 123 Å². The molecule has 0 amide bonds. The minimum Gasteiger partial charge on any atom is -0.397 e. The van der Waals surface area contributed by atoms with Crippen molar-refractivity contribution in [3.05, 3.63) is 23.8 Å². The molecule has 0 aliphatic heterocycles. The van der Waals surface area contributed by atoms with Gasteiger partial charge in [-0.25, -0.2) is 0 Å². The summed E-state index contributed by atoms with van der Waals surface area (Å²) >= 11 is 0. The summed E-state index contributed by atoms with van der Waals surface area (Å²) in [6, 6.07) is 3.84. The van der Waals surface area contributed by atoms with Crippen LogP contribution in [0, 0.1) is 11.8 Å². The van der Waals surface area contributed by atoms with Crippen LogP contribution >= 0.6 is 0 Å². The van der Waals surface area contributed by atoms with Crippen LogP contribution in [0.25, 0.3) is 0 Å². The number of anilines is 2. The second-order valence-corrected chi connectivity index (χ2v) is 6.24. The average Bonchev–Trinajstić information content (AvgIpc) is 2.40. The number of halogens is 3. The third kappa shape index (κ3) is 3.83. The van der Waals surface area contributed by atoms with Crippen molar-refractivity contribution in [2.75, 3.05) is 11.1 Å². The average molecular weight is 300 g/mol. The van der Waals surface area contributed by atoms with Crippen LogP contribution in [0.15, 0.2) is 18.2 Å². The SMILES string of the molecule is CC(C)C1CCCCC1Nc1ccc(C(F)(F)F)cc1N. The number of rotatable bonds is 3. The Morgan fingerprint density at radius 1 is 1.19 bits per heavy atom. The molecule has 1 aliphatic carbocycles. The molecule has 1 aromatic carbocycles. The lowest BCUT2D eigenvalue weighted by atomic mass is 9.77. The van der Waals surface area contributed by atoms with Gasteiger partial charge in [0, 0.05) is 6.04 Å². The second kappa shape index (κ2) is 6.16. The molecular weight excluding hydrogens is 277 g/mol. The predicted octanol–water partition coefficient (Wildman–Crippen LogP) is 4.91. The van der Waals surface area contributed by atoms with Crippen LogP contribution in [0.3, 0.4) is 0 Å². The molecule has 0 spiro atoms. The number of alkyl halides is 3. The van der Waals surface area contributed by atoms with Crippen LogP contribution < -0.4 is 11.1 Å². The lowest BCUT2D eigenvalue weighted by Crippen LogP contribution is -2.35. The molecule has 0 saturated heterocycles. The Kier molecular flexibility index (Phi) is 4.69. The van der Waals surface area contributed by atoms with Crippen LogP contribution in [-0.4, -0.2) is 6.04 Å². The van der Waals surface area contributed by atoms with Crippen LogP contribution in [0.5, 0.6) is 0 Å². The van der Waals surface area contributed by atoms with Gasteiger partial charge in [-0.1, -0.05) is 26.7 Å². The van der Waals surface area contributed by atoms with E-state index in [-0.39, 0.29) is 11.7 Å². The van der Waals surface area contributed by atoms with Gasteiger partial charge in [0.2, 0.25) is 0 Å². The third-order valence-corrected chi connectivity index (χ3v) is 4.40. The van der Waals surface area contributed by atoms with Gasteiger partial charge in [0.15, 0.2) is 0 Å². The number of benzene rings is 1. The van der Waals surface area contributed by atoms with Crippen molar-refractivity contribution in [1.82, 2.24) is 0 Å². The maximum atomic E-state index is 12.7. The van der Waals surface area contributed by atoms with Gasteiger partial charge in [0.25, 0.3) is 0 Å². The summed E-state index contributed by atoms with van der Waals surface area (Å²) < 4.78 is 38.0. The van der Waals surface area contributed by atoms with E-state index in [1.165, 1.54) is 12.5 Å². The van der Waals surface area contributed by atoms with Crippen molar-refractivity contribution in [3.8, 4) is 0 Å². The molecule has 1 aliphatic rings. The van der Waals surface area contributed by atoms with E-state index >= 15 is 0 Å². The fourth-order valence-electron chi connectivity index (χ4n) is 3.21. The van der Waals surface area contributed by atoms with Gasteiger partial charge in [0.05, 0.1) is 16.9 Å². The highest BCUT2D eigenvalue weighted by Crippen LogP contribution is 2.36. The largest absolute Gasteiger partial charge is 0.416 e. The molecule has 5 heteroatoms. The lowest BCUT2D eigenvalue weighted by Gasteiger charge is -2.35. The molecule has 2 nitrogen and oxygen atoms in total. The van der Waals surface area contributed by atoms with Crippen LogP contribution in [0.1, 0.15) is 45.1 Å². The Morgan fingerprint density at radius 3 is 2.43 bits per heavy atom. The molecule has 1 fully saturated rings. The molecule has 2 atom stereocenters. The first kappa shape index (κ1) is 16.0. The summed E-state index contributed by atoms with van der Waals surface area (Å²) in [4.78, 5) is 0. The molecule has 3 N–H and O–H groups in total. The van der Waals surface area contributed by atoms with Crippen molar-refractivity contribution in [2.45, 2.75) is 51.7 Å². The molecule has 1 saturated carbocycles. The molecule has 2 unspecified atom stereocenters. The van der Waals surface area contributed by atoms with Crippen molar-refractivity contribution in [1.29, 1.82) is 0 Å². The summed E-state index contributed by atoms with van der Waals surface area (Å²) in [5.74, 6) is 1.10. The molecule has 2 rings (SSSR count). The number of nitrogen functional groups attached to an aromatic ring is 1. The maximum Gasteiger partial charge on any atom is 0.416 e. The quantitative estimate of drug-likeness (QED) is 0.778. The predicted molar refractivity (Wildman–Crippen MR) is 80.1 cm³/mol. The Balaban J connectivity index is 2.15. The highest BCUT2D eigenvalue weighted by atomic mass is 19.4. The van der Waals surface area contributed by atoms with Crippen LogP contribution in [0.2, 0.25) is 0 Å². The van der Waals surface area contributed by atoms with E-state index in [9.17, 15) is 13.2 Å². The minimum atomic E-state index is -4.35. The maximum absolute atomic E-state index is 12.7. The van der Waals surface area contributed by atoms with E-state index in [1.807, 2.05) is 0 Å². The van der Waals surface area contributed by atoms with E-state index < -0.39 is 11.7 Å². The van der Waals surface area contributed by atoms with Crippen molar-refractivity contribution in [3.63, 3.8) is 0 Å². The number of nitrogens with two attached hydrogens (primary N) is 1. The van der Waals surface area contributed by atoms with E-state index in [4.69, 9.17) is 5.73 Å². The summed E-state index contributed by atoms with van der Waals surface area (Å²) in [5, 5.41) is 3.37. The van der Waals surface area contributed by atoms with Crippen LogP contribution in [-0.2, 0) is 6.18 Å². The van der Waals surface area contributed by atoms with Gasteiger partial charge in [-0.05, 0) is 42.9 Å². The highest BCUT2D eigenvalue weighted by Gasteiger charge is 2.31. The molecule has 0 bridgehead atoms. The first-order chi connectivity index (χ1) is 9.79. The van der Waals surface area contributed by atoms with Gasteiger partial charge >= 0.3 is 6.18 Å². The normalized spacial score (nSPS) is 23.3. The summed E-state index contributed by atoms with van der Waals surface area (Å²) in [7, 11) is 0. The summed E-state index contributed by atoms with van der Waals surface area (Å²) in [6.07, 6.45) is 0.238.